The molecule has 0 spiro atoms. The van der Waals surface area contributed by atoms with Crippen molar-refractivity contribution in [1.29, 1.82) is 0 Å². The summed E-state index contributed by atoms with van der Waals surface area (Å²) in [5.41, 5.74) is 1.05. The predicted octanol–water partition coefficient (Wildman–Crippen LogP) is -1.81. The van der Waals surface area contributed by atoms with Gasteiger partial charge in [0.25, 0.3) is 0 Å². The molecular weight excluding hydrogens is 248 g/mol. The van der Waals surface area contributed by atoms with Gasteiger partial charge in [0.2, 0.25) is 6.54 Å². The zero-order valence-corrected chi connectivity index (χ0v) is 9.78. The molecule has 16 heavy (non-hydrogen) atoms. The van der Waals surface area contributed by atoms with E-state index >= 15 is 0 Å². The van der Waals surface area contributed by atoms with Crippen LogP contribution in [0.2, 0.25) is 0 Å². The van der Waals surface area contributed by atoms with Gasteiger partial charge >= 0.3 is 5.97 Å². The van der Waals surface area contributed by atoms with Crippen LogP contribution in [-0.4, -0.2) is 15.4 Å². The first kappa shape index (κ1) is 12.6. The maximum absolute atomic E-state index is 10.5. The molecule has 0 aliphatic carbocycles. The highest BCUT2D eigenvalue weighted by Gasteiger charge is 2.07. The Hall–Kier alpha value is -1.46. The van der Waals surface area contributed by atoms with Gasteiger partial charge in [-0.2, -0.15) is 4.57 Å². The van der Waals surface area contributed by atoms with E-state index in [1.807, 2.05) is 18.2 Å². The van der Waals surface area contributed by atoms with E-state index in [-0.39, 0.29) is 19.0 Å². The van der Waals surface area contributed by atoms with Crippen LogP contribution in [0.25, 0.3) is 10.4 Å². The number of aliphatic carboxylic acids is 1. The van der Waals surface area contributed by atoms with E-state index in [4.69, 9.17) is 5.11 Å². The van der Waals surface area contributed by atoms with Crippen molar-refractivity contribution in [3.05, 3.63) is 36.8 Å². The highest BCUT2D eigenvalue weighted by atomic mass is 35.5. The fourth-order valence-corrected chi connectivity index (χ4v) is 1.85. The Kier molecular flexibility index (Phi) is 4.39. The van der Waals surface area contributed by atoms with E-state index < -0.39 is 5.97 Å². The van der Waals surface area contributed by atoms with Gasteiger partial charge in [0, 0.05) is 23.9 Å². The van der Waals surface area contributed by atoms with Crippen LogP contribution in [0.15, 0.2) is 36.8 Å². The minimum Gasteiger partial charge on any atom is -1.00 e. The molecule has 2 aromatic heterocycles. The Morgan fingerprint density at radius 2 is 2.06 bits per heavy atom. The van der Waals surface area contributed by atoms with Gasteiger partial charge < -0.3 is 17.5 Å². The third-order valence-electron chi connectivity index (χ3n) is 1.93. The van der Waals surface area contributed by atoms with E-state index in [0.717, 1.165) is 10.4 Å². The second-order valence-electron chi connectivity index (χ2n) is 3.03. The normalized spacial score (nSPS) is 9.50. The topological polar surface area (TPSA) is 54.1 Å². The number of nitrogens with zero attached hydrogens (tertiary/aromatic N) is 2. The highest BCUT2D eigenvalue weighted by molar-refractivity contribution is 7.09. The Morgan fingerprint density at radius 1 is 1.38 bits per heavy atom. The molecule has 6 heteroatoms. The van der Waals surface area contributed by atoms with Gasteiger partial charge in [-0.1, -0.05) is 0 Å². The molecule has 0 fully saturated rings. The molecule has 1 N–H and O–H groups in total. The van der Waals surface area contributed by atoms with Gasteiger partial charge in [-0.15, -0.1) is 0 Å². The van der Waals surface area contributed by atoms with Crippen molar-refractivity contribution < 1.29 is 26.9 Å². The molecule has 0 atom stereocenters. The molecule has 0 aliphatic heterocycles. The summed E-state index contributed by atoms with van der Waals surface area (Å²) in [5.74, 6) is -0.842. The van der Waals surface area contributed by atoms with Crippen molar-refractivity contribution in [1.82, 2.24) is 4.37 Å². The lowest BCUT2D eigenvalue weighted by molar-refractivity contribution is -0.685. The Balaban J connectivity index is 0.00000128. The van der Waals surface area contributed by atoms with Gasteiger partial charge in [0.1, 0.15) is 0 Å². The molecule has 0 saturated carbocycles. The average molecular weight is 257 g/mol. The summed E-state index contributed by atoms with van der Waals surface area (Å²) < 4.78 is 5.63. The second kappa shape index (κ2) is 5.58. The van der Waals surface area contributed by atoms with Crippen LogP contribution in [0.5, 0.6) is 0 Å². The third kappa shape index (κ3) is 3.01. The second-order valence-corrected chi connectivity index (χ2v) is 3.86. The molecule has 2 heterocycles. The van der Waals surface area contributed by atoms with Crippen molar-refractivity contribution in [2.45, 2.75) is 6.54 Å². The van der Waals surface area contributed by atoms with E-state index in [1.165, 1.54) is 11.5 Å². The summed E-state index contributed by atoms with van der Waals surface area (Å²) in [6.45, 7) is -0.0109. The molecule has 0 aromatic carbocycles. The SMILES string of the molecule is O=C(O)C[n+]1ccc(-c2ccns2)cc1.[Cl-]. The summed E-state index contributed by atoms with van der Waals surface area (Å²) in [6, 6.07) is 5.70. The summed E-state index contributed by atoms with van der Waals surface area (Å²) in [4.78, 5) is 11.5. The standard InChI is InChI=1S/C10H8N2O2S.ClH/c13-10(14)7-12-5-2-8(3-6-12)9-1-4-11-15-9;/h1-6H,7H2;1H. The molecular formula is C10H9ClN2O2S. The molecule has 0 bridgehead atoms. The number of carboxylic acid groups (broad SMARTS) is 1. The quantitative estimate of drug-likeness (QED) is 0.659. The van der Waals surface area contributed by atoms with Crippen molar-refractivity contribution in [3.8, 4) is 10.4 Å². The van der Waals surface area contributed by atoms with Crippen LogP contribution in [0.1, 0.15) is 0 Å². The molecule has 0 amide bonds. The molecule has 0 aliphatic rings. The number of halogens is 1. The Morgan fingerprint density at radius 3 is 2.56 bits per heavy atom. The first-order valence-electron chi connectivity index (χ1n) is 4.37. The van der Waals surface area contributed by atoms with Crippen molar-refractivity contribution in [2.24, 2.45) is 0 Å². The van der Waals surface area contributed by atoms with E-state index in [9.17, 15) is 4.79 Å². The van der Waals surface area contributed by atoms with Gasteiger partial charge in [-0.25, -0.2) is 9.17 Å². The molecule has 84 valence electrons. The van der Waals surface area contributed by atoms with Crippen LogP contribution in [-0.2, 0) is 11.3 Å². The molecule has 0 unspecified atom stereocenters. The predicted molar refractivity (Wildman–Crippen MR) is 55.4 cm³/mol. The van der Waals surface area contributed by atoms with Gasteiger partial charge in [0.05, 0.1) is 4.88 Å². The number of carbonyl (C=O) groups is 1. The van der Waals surface area contributed by atoms with Crippen LogP contribution in [0.4, 0.5) is 0 Å². The fraction of sp³-hybridized carbons (Fsp3) is 0.100. The van der Waals surface area contributed by atoms with E-state index in [1.54, 1.807) is 23.2 Å². The molecule has 0 saturated heterocycles. The minimum atomic E-state index is -0.842. The van der Waals surface area contributed by atoms with Crippen molar-refractivity contribution >= 4 is 17.5 Å². The third-order valence-corrected chi connectivity index (χ3v) is 2.73. The van der Waals surface area contributed by atoms with Crippen molar-refractivity contribution in [2.75, 3.05) is 0 Å². The monoisotopic (exact) mass is 256 g/mol. The highest BCUT2D eigenvalue weighted by Crippen LogP contribution is 2.20. The van der Waals surface area contributed by atoms with Crippen LogP contribution in [0, 0.1) is 0 Å². The first-order chi connectivity index (χ1) is 7.25. The lowest BCUT2D eigenvalue weighted by atomic mass is 10.2. The summed E-state index contributed by atoms with van der Waals surface area (Å²) in [5, 5.41) is 8.59. The number of aromatic nitrogens is 2. The smallest absolute Gasteiger partial charge is 0.370 e. The van der Waals surface area contributed by atoms with Gasteiger partial charge in [-0.3, -0.25) is 0 Å². The number of pyridine rings is 1. The number of rotatable bonds is 3. The number of hydrogen-bond donors (Lipinski definition) is 1. The lowest BCUT2D eigenvalue weighted by Crippen LogP contribution is -3.00. The number of carboxylic acids is 1. The lowest BCUT2D eigenvalue weighted by Gasteiger charge is -1.95. The number of hydrogen-bond acceptors (Lipinski definition) is 3. The molecule has 4 nitrogen and oxygen atoms in total. The molecule has 2 aromatic rings. The maximum atomic E-state index is 10.5. The van der Waals surface area contributed by atoms with Crippen molar-refractivity contribution in [3.63, 3.8) is 0 Å². The van der Waals surface area contributed by atoms with Gasteiger partial charge in [0.15, 0.2) is 12.4 Å². The summed E-state index contributed by atoms with van der Waals surface area (Å²) >= 11 is 1.42. The largest absolute Gasteiger partial charge is 1.00 e. The van der Waals surface area contributed by atoms with E-state index in [2.05, 4.69) is 4.37 Å². The Labute approximate surface area is 103 Å². The average Bonchev–Trinajstić information content (AvgIpc) is 2.71. The zero-order valence-electron chi connectivity index (χ0n) is 8.21. The summed E-state index contributed by atoms with van der Waals surface area (Å²) in [7, 11) is 0. The van der Waals surface area contributed by atoms with Gasteiger partial charge in [-0.05, 0) is 17.6 Å². The van der Waals surface area contributed by atoms with E-state index in [0.29, 0.717) is 0 Å². The molecule has 0 radical (unpaired) electrons. The van der Waals surface area contributed by atoms with Crippen LogP contribution in [0.3, 0.4) is 0 Å². The van der Waals surface area contributed by atoms with Crippen LogP contribution >= 0.6 is 11.5 Å². The first-order valence-corrected chi connectivity index (χ1v) is 5.15. The van der Waals surface area contributed by atoms with Crippen LogP contribution < -0.4 is 17.0 Å². The minimum absolute atomic E-state index is 0. The molecule has 2 rings (SSSR count). The Bertz CT molecular complexity index is 456. The zero-order chi connectivity index (χ0) is 10.7. The summed E-state index contributed by atoms with van der Waals surface area (Å²) in [6.07, 6.45) is 5.25. The fourth-order valence-electron chi connectivity index (χ4n) is 1.25. The maximum Gasteiger partial charge on any atom is 0.370 e.